The fourth-order valence-corrected chi connectivity index (χ4v) is 2.34. The fourth-order valence-electron chi connectivity index (χ4n) is 2.34. The summed E-state index contributed by atoms with van der Waals surface area (Å²) in [6.45, 7) is 3.58. The van der Waals surface area contributed by atoms with Gasteiger partial charge in [-0.15, -0.1) is 0 Å². The number of ether oxygens (including phenoxy) is 1. The van der Waals surface area contributed by atoms with E-state index in [4.69, 9.17) is 4.74 Å². The SMILES string of the molecule is CCCCCC[C@](C)(O)C(=O)N[C@@H](C(=O)OC)c1ccccc1. The molecule has 0 radical (unpaired) electrons. The molecule has 0 saturated heterocycles. The third-order valence-corrected chi connectivity index (χ3v) is 3.85. The lowest BCUT2D eigenvalue weighted by atomic mass is 9.96. The van der Waals surface area contributed by atoms with Crippen molar-refractivity contribution in [2.24, 2.45) is 0 Å². The summed E-state index contributed by atoms with van der Waals surface area (Å²) in [4.78, 5) is 24.3. The van der Waals surface area contributed by atoms with Crippen molar-refractivity contribution in [2.45, 2.75) is 57.6 Å². The fraction of sp³-hybridized carbons (Fsp3) is 0.556. The Hall–Kier alpha value is -1.88. The first-order valence-electron chi connectivity index (χ1n) is 8.08. The van der Waals surface area contributed by atoms with Crippen LogP contribution in [0.25, 0.3) is 0 Å². The minimum absolute atomic E-state index is 0.363. The number of benzene rings is 1. The maximum absolute atomic E-state index is 12.4. The second-order valence-electron chi connectivity index (χ2n) is 5.92. The van der Waals surface area contributed by atoms with E-state index < -0.39 is 23.5 Å². The van der Waals surface area contributed by atoms with Crippen molar-refractivity contribution >= 4 is 11.9 Å². The highest BCUT2D eigenvalue weighted by Gasteiger charge is 2.33. The van der Waals surface area contributed by atoms with Gasteiger partial charge in [-0.2, -0.15) is 0 Å². The molecular weight excluding hydrogens is 294 g/mol. The van der Waals surface area contributed by atoms with Crippen molar-refractivity contribution in [3.63, 3.8) is 0 Å². The third kappa shape index (κ3) is 6.02. The van der Waals surface area contributed by atoms with Gasteiger partial charge in [-0.3, -0.25) is 4.79 Å². The molecule has 0 bridgehead atoms. The molecule has 0 heterocycles. The lowest BCUT2D eigenvalue weighted by Gasteiger charge is -2.25. The molecule has 5 nitrogen and oxygen atoms in total. The van der Waals surface area contributed by atoms with Crippen molar-refractivity contribution in [1.29, 1.82) is 0 Å². The number of esters is 1. The van der Waals surface area contributed by atoms with Gasteiger partial charge >= 0.3 is 5.97 Å². The number of methoxy groups -OCH3 is 1. The van der Waals surface area contributed by atoms with E-state index in [1.54, 1.807) is 24.3 Å². The molecule has 5 heteroatoms. The van der Waals surface area contributed by atoms with E-state index in [2.05, 4.69) is 12.2 Å². The number of carbonyl (C=O) groups excluding carboxylic acids is 2. The number of unbranched alkanes of at least 4 members (excludes halogenated alkanes) is 3. The largest absolute Gasteiger partial charge is 0.467 e. The van der Waals surface area contributed by atoms with Crippen LogP contribution in [0.1, 0.15) is 57.6 Å². The number of nitrogens with one attached hydrogen (secondary N) is 1. The summed E-state index contributed by atoms with van der Waals surface area (Å²) in [5.41, 5.74) is -0.885. The first kappa shape index (κ1) is 19.2. The Labute approximate surface area is 138 Å². The van der Waals surface area contributed by atoms with Crippen LogP contribution >= 0.6 is 0 Å². The van der Waals surface area contributed by atoms with Crippen LogP contribution < -0.4 is 5.32 Å². The van der Waals surface area contributed by atoms with Crippen molar-refractivity contribution in [3.05, 3.63) is 35.9 Å². The number of aliphatic hydroxyl groups is 1. The summed E-state index contributed by atoms with van der Waals surface area (Å²) in [5.74, 6) is -1.13. The van der Waals surface area contributed by atoms with Crippen LogP contribution in [0.4, 0.5) is 0 Å². The van der Waals surface area contributed by atoms with Gasteiger partial charge in [0, 0.05) is 0 Å². The number of hydrogen-bond donors (Lipinski definition) is 2. The van der Waals surface area contributed by atoms with Crippen LogP contribution in [-0.2, 0) is 14.3 Å². The molecule has 0 aliphatic carbocycles. The Morgan fingerprint density at radius 2 is 1.87 bits per heavy atom. The van der Waals surface area contributed by atoms with Crippen LogP contribution in [0.2, 0.25) is 0 Å². The lowest BCUT2D eigenvalue weighted by molar-refractivity contribution is -0.149. The molecule has 1 aromatic carbocycles. The highest BCUT2D eigenvalue weighted by Crippen LogP contribution is 2.19. The van der Waals surface area contributed by atoms with Gasteiger partial charge < -0.3 is 15.2 Å². The minimum atomic E-state index is -1.51. The molecular formula is C18H27NO4. The maximum Gasteiger partial charge on any atom is 0.333 e. The number of amides is 1. The third-order valence-electron chi connectivity index (χ3n) is 3.85. The molecule has 0 aliphatic rings. The summed E-state index contributed by atoms with van der Waals surface area (Å²) in [7, 11) is 1.27. The highest BCUT2D eigenvalue weighted by atomic mass is 16.5. The van der Waals surface area contributed by atoms with E-state index in [9.17, 15) is 14.7 Å². The van der Waals surface area contributed by atoms with Crippen LogP contribution in [0.3, 0.4) is 0 Å². The molecule has 0 aromatic heterocycles. The van der Waals surface area contributed by atoms with Gasteiger partial charge in [0.1, 0.15) is 5.60 Å². The molecule has 1 aromatic rings. The highest BCUT2D eigenvalue weighted by molar-refractivity contribution is 5.89. The lowest BCUT2D eigenvalue weighted by Crippen LogP contribution is -2.47. The van der Waals surface area contributed by atoms with Crippen molar-refractivity contribution in [1.82, 2.24) is 5.32 Å². The molecule has 23 heavy (non-hydrogen) atoms. The predicted molar refractivity (Wildman–Crippen MR) is 88.7 cm³/mol. The van der Waals surface area contributed by atoms with Crippen LogP contribution in [0.15, 0.2) is 30.3 Å². The van der Waals surface area contributed by atoms with Crippen molar-refractivity contribution < 1.29 is 19.4 Å². The first-order valence-corrected chi connectivity index (χ1v) is 8.08. The molecule has 1 rings (SSSR count). The Bertz CT molecular complexity index is 499. The zero-order valence-electron chi connectivity index (χ0n) is 14.2. The van der Waals surface area contributed by atoms with Crippen LogP contribution in [0, 0.1) is 0 Å². The minimum Gasteiger partial charge on any atom is -0.467 e. The zero-order valence-corrected chi connectivity index (χ0v) is 14.2. The molecule has 128 valence electrons. The van der Waals surface area contributed by atoms with Gasteiger partial charge in [-0.05, 0) is 18.9 Å². The van der Waals surface area contributed by atoms with E-state index >= 15 is 0 Å². The molecule has 2 atom stereocenters. The second kappa shape index (κ2) is 9.30. The summed E-state index contributed by atoms with van der Waals surface area (Å²) in [5, 5.41) is 13.0. The van der Waals surface area contributed by atoms with Gasteiger partial charge in [0.15, 0.2) is 6.04 Å². The average Bonchev–Trinajstić information content (AvgIpc) is 2.56. The van der Waals surface area contributed by atoms with E-state index in [1.165, 1.54) is 14.0 Å². The van der Waals surface area contributed by atoms with Gasteiger partial charge in [0.05, 0.1) is 7.11 Å². The van der Waals surface area contributed by atoms with Crippen molar-refractivity contribution in [2.75, 3.05) is 7.11 Å². The molecule has 0 spiro atoms. The summed E-state index contributed by atoms with van der Waals surface area (Å²) in [6.07, 6.45) is 4.27. The van der Waals surface area contributed by atoms with Crippen LogP contribution in [-0.4, -0.2) is 29.7 Å². The average molecular weight is 321 g/mol. The molecule has 0 unspecified atom stereocenters. The second-order valence-corrected chi connectivity index (χ2v) is 5.92. The van der Waals surface area contributed by atoms with Gasteiger partial charge in [-0.25, -0.2) is 4.79 Å². The van der Waals surface area contributed by atoms with Crippen LogP contribution in [0.5, 0.6) is 0 Å². The summed E-state index contributed by atoms with van der Waals surface area (Å²) < 4.78 is 4.76. The van der Waals surface area contributed by atoms with E-state index in [1.807, 2.05) is 6.07 Å². The number of hydrogen-bond acceptors (Lipinski definition) is 4. The first-order chi connectivity index (χ1) is 10.9. The van der Waals surface area contributed by atoms with Crippen molar-refractivity contribution in [3.8, 4) is 0 Å². The Morgan fingerprint density at radius 3 is 2.43 bits per heavy atom. The maximum atomic E-state index is 12.4. The predicted octanol–water partition coefficient (Wildman–Crippen LogP) is 2.74. The molecule has 0 saturated carbocycles. The van der Waals surface area contributed by atoms with Gasteiger partial charge in [-0.1, -0.05) is 62.9 Å². The number of carbonyl (C=O) groups is 2. The quantitative estimate of drug-likeness (QED) is 0.542. The standard InChI is InChI=1S/C18H27NO4/c1-4-5-6-10-13-18(2,22)17(21)19-15(16(20)23-3)14-11-8-7-9-12-14/h7-9,11-12,15,22H,4-6,10,13H2,1-3H3,(H,19,21)/t15-,18+/m1/s1. The molecule has 2 N–H and O–H groups in total. The van der Waals surface area contributed by atoms with E-state index in [-0.39, 0.29) is 0 Å². The number of rotatable bonds is 9. The smallest absolute Gasteiger partial charge is 0.333 e. The summed E-state index contributed by atoms with van der Waals surface area (Å²) in [6, 6.07) is 7.93. The Balaban J connectivity index is 2.75. The zero-order chi connectivity index (χ0) is 17.3. The molecule has 0 aliphatic heterocycles. The molecule has 0 fully saturated rings. The van der Waals surface area contributed by atoms with E-state index in [0.717, 1.165) is 25.7 Å². The van der Waals surface area contributed by atoms with Gasteiger partial charge in [0.25, 0.3) is 5.91 Å². The molecule has 1 amide bonds. The Morgan fingerprint density at radius 1 is 1.22 bits per heavy atom. The normalized spacial score (nSPS) is 14.6. The Kier molecular flexibility index (Phi) is 7.75. The topological polar surface area (TPSA) is 75.6 Å². The summed E-state index contributed by atoms with van der Waals surface area (Å²) >= 11 is 0. The van der Waals surface area contributed by atoms with Gasteiger partial charge in [0.2, 0.25) is 0 Å². The van der Waals surface area contributed by atoms with E-state index in [0.29, 0.717) is 12.0 Å². The monoisotopic (exact) mass is 321 g/mol.